The first-order valence-corrected chi connectivity index (χ1v) is 6.36. The number of hydrogen-bond donors (Lipinski definition) is 0. The molecule has 17 heavy (non-hydrogen) atoms. The predicted molar refractivity (Wildman–Crippen MR) is 67.0 cm³/mol. The molecule has 3 rings (SSSR count). The van der Waals surface area contributed by atoms with E-state index in [1.165, 1.54) is 29.5 Å². The zero-order valence-corrected chi connectivity index (χ0v) is 10.0. The summed E-state index contributed by atoms with van der Waals surface area (Å²) in [6, 6.07) is 6.50. The molecule has 0 aromatic heterocycles. The van der Waals surface area contributed by atoms with E-state index in [1.54, 1.807) is 0 Å². The molecule has 2 heteroatoms. The lowest BCUT2D eigenvalue weighted by atomic mass is 9.93. The van der Waals surface area contributed by atoms with Crippen molar-refractivity contribution < 1.29 is 9.47 Å². The Hall–Kier alpha value is -1.12. The standard InChI is InChI=1S/C15H18O2/c1-2-4-11-7-8-12-5-3-6-13(14(11)12)15-16-9-10-17-15/h2-3,5-6,11,15H,1,4,7-10H2. The van der Waals surface area contributed by atoms with Crippen molar-refractivity contribution in [2.45, 2.75) is 31.5 Å². The monoisotopic (exact) mass is 230 g/mol. The second-order valence-corrected chi connectivity index (χ2v) is 4.75. The summed E-state index contributed by atoms with van der Waals surface area (Å²) in [6.07, 6.45) is 5.33. The fourth-order valence-corrected chi connectivity index (χ4v) is 3.00. The van der Waals surface area contributed by atoms with E-state index in [0.717, 1.165) is 6.42 Å². The van der Waals surface area contributed by atoms with Crippen molar-refractivity contribution in [1.29, 1.82) is 0 Å². The highest BCUT2D eigenvalue weighted by atomic mass is 16.7. The van der Waals surface area contributed by atoms with Crippen LogP contribution in [0.15, 0.2) is 30.9 Å². The van der Waals surface area contributed by atoms with Gasteiger partial charge < -0.3 is 9.47 Å². The van der Waals surface area contributed by atoms with Gasteiger partial charge in [0.25, 0.3) is 0 Å². The Morgan fingerprint density at radius 1 is 1.29 bits per heavy atom. The summed E-state index contributed by atoms with van der Waals surface area (Å²) in [5, 5.41) is 0. The first-order chi connectivity index (χ1) is 8.40. The van der Waals surface area contributed by atoms with Gasteiger partial charge in [-0.3, -0.25) is 0 Å². The number of ether oxygens (including phenoxy) is 2. The molecule has 0 spiro atoms. The van der Waals surface area contributed by atoms with E-state index in [1.807, 2.05) is 6.08 Å². The molecule has 1 aliphatic heterocycles. The van der Waals surface area contributed by atoms with Crippen LogP contribution < -0.4 is 0 Å². The molecular weight excluding hydrogens is 212 g/mol. The average molecular weight is 230 g/mol. The van der Waals surface area contributed by atoms with Crippen molar-refractivity contribution in [1.82, 2.24) is 0 Å². The molecule has 1 aromatic carbocycles. The largest absolute Gasteiger partial charge is 0.346 e. The number of hydrogen-bond acceptors (Lipinski definition) is 2. The molecule has 90 valence electrons. The van der Waals surface area contributed by atoms with E-state index >= 15 is 0 Å². The normalized spacial score (nSPS) is 23.9. The summed E-state index contributed by atoms with van der Waals surface area (Å²) >= 11 is 0. The minimum Gasteiger partial charge on any atom is -0.346 e. The summed E-state index contributed by atoms with van der Waals surface area (Å²) < 4.78 is 11.3. The van der Waals surface area contributed by atoms with Crippen LogP contribution in [0.5, 0.6) is 0 Å². The molecule has 1 unspecified atom stereocenters. The fraction of sp³-hybridized carbons (Fsp3) is 0.467. The van der Waals surface area contributed by atoms with Gasteiger partial charge in [-0.2, -0.15) is 0 Å². The molecule has 1 atom stereocenters. The quantitative estimate of drug-likeness (QED) is 0.741. The molecule has 2 nitrogen and oxygen atoms in total. The third-order valence-corrected chi connectivity index (χ3v) is 3.73. The van der Waals surface area contributed by atoms with Gasteiger partial charge in [0.2, 0.25) is 0 Å². The van der Waals surface area contributed by atoms with Crippen molar-refractivity contribution in [3.8, 4) is 0 Å². The molecule has 2 aliphatic rings. The van der Waals surface area contributed by atoms with Crippen LogP contribution >= 0.6 is 0 Å². The highest BCUT2D eigenvalue weighted by molar-refractivity contribution is 5.42. The van der Waals surface area contributed by atoms with Crippen molar-refractivity contribution in [2.24, 2.45) is 0 Å². The highest BCUT2D eigenvalue weighted by Crippen LogP contribution is 2.41. The minimum atomic E-state index is -0.143. The SMILES string of the molecule is C=CCC1CCc2cccc(C3OCCO3)c21. The number of fused-ring (bicyclic) bond motifs is 1. The number of aryl methyl sites for hydroxylation is 1. The molecule has 0 radical (unpaired) electrons. The van der Waals surface area contributed by atoms with E-state index in [0.29, 0.717) is 19.1 Å². The first kappa shape index (κ1) is 11.0. The molecule has 0 bridgehead atoms. The van der Waals surface area contributed by atoms with Gasteiger partial charge in [-0.05, 0) is 36.3 Å². The fourth-order valence-electron chi connectivity index (χ4n) is 3.00. The van der Waals surface area contributed by atoms with E-state index < -0.39 is 0 Å². The summed E-state index contributed by atoms with van der Waals surface area (Å²) in [7, 11) is 0. The van der Waals surface area contributed by atoms with Crippen molar-refractivity contribution in [3.63, 3.8) is 0 Å². The maximum Gasteiger partial charge on any atom is 0.184 e. The molecule has 1 heterocycles. The molecule has 1 aliphatic carbocycles. The summed E-state index contributed by atoms with van der Waals surface area (Å²) in [5.74, 6) is 0.603. The van der Waals surface area contributed by atoms with Crippen LogP contribution in [0.25, 0.3) is 0 Å². The van der Waals surface area contributed by atoms with Crippen LogP contribution in [0.3, 0.4) is 0 Å². The topological polar surface area (TPSA) is 18.5 Å². The van der Waals surface area contributed by atoms with E-state index in [9.17, 15) is 0 Å². The first-order valence-electron chi connectivity index (χ1n) is 6.36. The minimum absolute atomic E-state index is 0.143. The second-order valence-electron chi connectivity index (χ2n) is 4.75. The third-order valence-electron chi connectivity index (χ3n) is 3.73. The Morgan fingerprint density at radius 3 is 2.88 bits per heavy atom. The van der Waals surface area contributed by atoms with E-state index in [2.05, 4.69) is 24.8 Å². The van der Waals surface area contributed by atoms with E-state index in [-0.39, 0.29) is 6.29 Å². The Bertz CT molecular complexity index is 419. The summed E-state index contributed by atoms with van der Waals surface area (Å²) in [4.78, 5) is 0. The Balaban J connectivity index is 1.98. The van der Waals surface area contributed by atoms with Crippen LogP contribution in [-0.2, 0) is 15.9 Å². The summed E-state index contributed by atoms with van der Waals surface area (Å²) in [5.41, 5.74) is 4.16. The molecular formula is C15H18O2. The van der Waals surface area contributed by atoms with Gasteiger partial charge in [-0.25, -0.2) is 0 Å². The van der Waals surface area contributed by atoms with E-state index in [4.69, 9.17) is 9.47 Å². The maximum absolute atomic E-state index is 5.64. The van der Waals surface area contributed by atoms with Gasteiger partial charge >= 0.3 is 0 Å². The number of benzene rings is 1. The second kappa shape index (κ2) is 4.63. The lowest BCUT2D eigenvalue weighted by Crippen LogP contribution is -2.05. The van der Waals surface area contributed by atoms with Gasteiger partial charge in [0.15, 0.2) is 6.29 Å². The van der Waals surface area contributed by atoms with Crippen LogP contribution in [0.1, 0.15) is 41.7 Å². The molecule has 1 fully saturated rings. The summed E-state index contributed by atoms with van der Waals surface area (Å²) in [6.45, 7) is 5.28. The molecule has 1 aromatic rings. The third kappa shape index (κ3) is 1.92. The van der Waals surface area contributed by atoms with Crippen molar-refractivity contribution in [3.05, 3.63) is 47.5 Å². The van der Waals surface area contributed by atoms with Gasteiger partial charge in [0.05, 0.1) is 13.2 Å². The molecule has 0 N–H and O–H groups in total. The number of allylic oxidation sites excluding steroid dienone is 1. The molecule has 0 amide bonds. The Labute approximate surface area is 102 Å². The maximum atomic E-state index is 5.64. The molecule has 0 saturated carbocycles. The number of rotatable bonds is 3. The van der Waals surface area contributed by atoms with Crippen LogP contribution in [0.2, 0.25) is 0 Å². The Kier molecular flexibility index (Phi) is 3.00. The van der Waals surface area contributed by atoms with Gasteiger partial charge in [-0.1, -0.05) is 24.3 Å². The highest BCUT2D eigenvalue weighted by Gasteiger charge is 2.29. The van der Waals surface area contributed by atoms with Crippen molar-refractivity contribution >= 4 is 0 Å². The predicted octanol–water partition coefficient (Wildman–Crippen LogP) is 3.34. The van der Waals surface area contributed by atoms with Gasteiger partial charge in [-0.15, -0.1) is 6.58 Å². The molecule has 1 saturated heterocycles. The smallest absolute Gasteiger partial charge is 0.184 e. The van der Waals surface area contributed by atoms with Crippen molar-refractivity contribution in [2.75, 3.05) is 13.2 Å². The lowest BCUT2D eigenvalue weighted by Gasteiger charge is -2.18. The zero-order valence-electron chi connectivity index (χ0n) is 10.0. The lowest BCUT2D eigenvalue weighted by molar-refractivity contribution is -0.0448. The average Bonchev–Trinajstić information content (AvgIpc) is 2.98. The van der Waals surface area contributed by atoms with Crippen LogP contribution in [-0.4, -0.2) is 13.2 Å². The van der Waals surface area contributed by atoms with Gasteiger partial charge in [0, 0.05) is 5.56 Å². The van der Waals surface area contributed by atoms with Crippen LogP contribution in [0, 0.1) is 0 Å². The van der Waals surface area contributed by atoms with Crippen LogP contribution in [0.4, 0.5) is 0 Å². The Morgan fingerprint density at radius 2 is 2.12 bits per heavy atom. The zero-order chi connectivity index (χ0) is 11.7. The van der Waals surface area contributed by atoms with Gasteiger partial charge in [0.1, 0.15) is 0 Å².